The highest BCUT2D eigenvalue weighted by molar-refractivity contribution is 5.95. The number of benzene rings is 2. The molecule has 0 saturated heterocycles. The van der Waals surface area contributed by atoms with Gasteiger partial charge < -0.3 is 47.6 Å². The van der Waals surface area contributed by atoms with Crippen LogP contribution in [-0.2, 0) is 43.2 Å². The number of H-pyrrole nitrogens is 2. The Morgan fingerprint density at radius 2 is 1.47 bits per heavy atom. The predicted octanol–water partition coefficient (Wildman–Crippen LogP) is -0.634. The van der Waals surface area contributed by atoms with Gasteiger partial charge in [0, 0.05) is 41.8 Å². The number of amides is 4. The number of carboxylic acids is 1. The number of phenolic OH excluding ortho intramolecular Hbond substituents is 1. The summed E-state index contributed by atoms with van der Waals surface area (Å²) >= 11 is 0. The maximum absolute atomic E-state index is 13.8. The molecule has 0 aliphatic carbocycles. The zero-order valence-corrected chi connectivity index (χ0v) is 24.0. The van der Waals surface area contributed by atoms with Crippen molar-refractivity contribution in [1.29, 1.82) is 0 Å². The molecule has 15 nitrogen and oxygen atoms in total. The van der Waals surface area contributed by atoms with Crippen LogP contribution in [0.2, 0.25) is 0 Å². The second-order valence-electron chi connectivity index (χ2n) is 10.5. The maximum Gasteiger partial charge on any atom is 0.326 e. The highest BCUT2D eigenvalue weighted by Gasteiger charge is 2.32. The van der Waals surface area contributed by atoms with Gasteiger partial charge in [0.1, 0.15) is 23.9 Å². The van der Waals surface area contributed by atoms with Crippen molar-refractivity contribution in [3.63, 3.8) is 0 Å². The Labute approximate surface area is 256 Å². The Morgan fingerprint density at radius 1 is 0.822 bits per heavy atom. The van der Waals surface area contributed by atoms with Gasteiger partial charge in [-0.1, -0.05) is 30.3 Å². The first kappa shape index (κ1) is 32.2. The lowest BCUT2D eigenvalue weighted by Gasteiger charge is -2.25. The molecule has 236 valence electrons. The van der Waals surface area contributed by atoms with Gasteiger partial charge in [0.15, 0.2) is 0 Å². The van der Waals surface area contributed by atoms with E-state index in [1.165, 1.54) is 24.7 Å². The van der Waals surface area contributed by atoms with Crippen LogP contribution in [0.25, 0.3) is 10.9 Å². The number of carboxylic acid groups (broad SMARTS) is 1. The van der Waals surface area contributed by atoms with Crippen LogP contribution in [0.3, 0.4) is 0 Å². The number of hydrogen-bond acceptors (Lipinski definition) is 8. The Bertz CT molecular complexity index is 1650. The summed E-state index contributed by atoms with van der Waals surface area (Å²) in [5.74, 6) is -4.64. The molecule has 2 aromatic carbocycles. The molecule has 4 amide bonds. The van der Waals surface area contributed by atoms with E-state index < -0.39 is 60.2 Å². The summed E-state index contributed by atoms with van der Waals surface area (Å²) in [4.78, 5) is 73.2. The van der Waals surface area contributed by atoms with E-state index in [9.17, 15) is 34.2 Å². The summed E-state index contributed by atoms with van der Waals surface area (Å²) in [5, 5.41) is 27.4. The number of fused-ring (bicyclic) bond motifs is 1. The molecule has 0 bridgehead atoms. The number of aliphatic carboxylic acids is 1. The number of aromatic hydroxyl groups is 1. The van der Waals surface area contributed by atoms with Gasteiger partial charge in [-0.2, -0.15) is 0 Å². The molecule has 0 spiro atoms. The molecule has 0 aliphatic rings. The highest BCUT2D eigenvalue weighted by Crippen LogP contribution is 2.19. The zero-order valence-electron chi connectivity index (χ0n) is 24.0. The van der Waals surface area contributed by atoms with E-state index in [1.807, 2.05) is 24.3 Å². The van der Waals surface area contributed by atoms with Crippen molar-refractivity contribution in [2.24, 2.45) is 11.5 Å². The number of nitrogens with two attached hydrogens (primary N) is 2. The van der Waals surface area contributed by atoms with Crippen LogP contribution in [0.1, 0.15) is 23.2 Å². The normalized spacial score (nSPS) is 13.7. The Kier molecular flexibility index (Phi) is 10.5. The first-order chi connectivity index (χ1) is 21.5. The fourth-order valence-electron chi connectivity index (χ4n) is 4.76. The van der Waals surface area contributed by atoms with Gasteiger partial charge in [-0.15, -0.1) is 0 Å². The van der Waals surface area contributed by atoms with Crippen LogP contribution in [0, 0.1) is 0 Å². The first-order valence-electron chi connectivity index (χ1n) is 14.0. The summed E-state index contributed by atoms with van der Waals surface area (Å²) in [6.45, 7) is 0. The molecular formula is C30H34N8O7. The van der Waals surface area contributed by atoms with Crippen molar-refractivity contribution < 1.29 is 34.2 Å². The number of aromatic amines is 2. The van der Waals surface area contributed by atoms with E-state index in [0.29, 0.717) is 16.8 Å². The molecule has 4 aromatic rings. The van der Waals surface area contributed by atoms with Crippen molar-refractivity contribution in [2.75, 3.05) is 0 Å². The van der Waals surface area contributed by atoms with Crippen molar-refractivity contribution in [3.05, 3.63) is 84.1 Å². The number of hydrogen-bond donors (Lipinski definition) is 9. The number of imidazole rings is 1. The van der Waals surface area contributed by atoms with Gasteiger partial charge in [-0.05, 0) is 35.7 Å². The van der Waals surface area contributed by atoms with Crippen LogP contribution >= 0.6 is 0 Å². The van der Waals surface area contributed by atoms with E-state index in [-0.39, 0.29) is 25.0 Å². The maximum atomic E-state index is 13.8. The highest BCUT2D eigenvalue weighted by atomic mass is 16.4. The smallest absolute Gasteiger partial charge is 0.326 e. The Hall–Kier alpha value is -5.70. The summed E-state index contributed by atoms with van der Waals surface area (Å²) in [6, 6.07) is 8.35. The topological polar surface area (TPSA) is 258 Å². The minimum atomic E-state index is -1.63. The van der Waals surface area contributed by atoms with Gasteiger partial charge >= 0.3 is 5.97 Å². The van der Waals surface area contributed by atoms with E-state index in [4.69, 9.17) is 11.5 Å². The second kappa shape index (κ2) is 14.7. The quantitative estimate of drug-likeness (QED) is 0.0820. The lowest BCUT2D eigenvalue weighted by atomic mass is 10.0. The molecule has 0 aliphatic heterocycles. The standard InChI is InChI=1S/C30H34N8O7/c31-21(9-16-5-7-19(39)8-6-16)27(41)36-23(10-17-13-34-22-4-2-1-3-20(17)22)28(42)37-24(11-18-14-33-15-35-18)29(43)38-25(30(44)45)12-26(32)40/h1-8,13-15,21,23-25,34,39H,9-12,31H2,(H2,32,40)(H,33,35)(H,36,41)(H,37,42)(H,38,43)(H,44,45). The van der Waals surface area contributed by atoms with Gasteiger partial charge in [0.05, 0.1) is 18.8 Å². The van der Waals surface area contributed by atoms with E-state index >= 15 is 0 Å². The van der Waals surface area contributed by atoms with Crippen molar-refractivity contribution >= 4 is 40.5 Å². The SMILES string of the molecule is NC(=O)CC(NC(=O)C(Cc1cnc[nH]1)NC(=O)C(Cc1c[nH]c2ccccc12)NC(=O)C(N)Cc1ccc(O)cc1)C(=O)O. The molecule has 0 fully saturated rings. The third-order valence-electron chi connectivity index (χ3n) is 7.09. The Balaban J connectivity index is 1.57. The van der Waals surface area contributed by atoms with Crippen LogP contribution in [0.15, 0.2) is 67.3 Å². The molecular weight excluding hydrogens is 584 g/mol. The Morgan fingerprint density at radius 3 is 2.11 bits per heavy atom. The number of rotatable bonds is 15. The van der Waals surface area contributed by atoms with Gasteiger partial charge in [-0.3, -0.25) is 19.2 Å². The molecule has 4 atom stereocenters. The molecule has 0 radical (unpaired) electrons. The lowest BCUT2D eigenvalue weighted by molar-refractivity contribution is -0.143. The van der Waals surface area contributed by atoms with Gasteiger partial charge in [0.2, 0.25) is 23.6 Å². The van der Waals surface area contributed by atoms with Crippen LogP contribution in [0.4, 0.5) is 0 Å². The van der Waals surface area contributed by atoms with Gasteiger partial charge in [0.25, 0.3) is 0 Å². The molecule has 0 saturated carbocycles. The first-order valence-corrected chi connectivity index (χ1v) is 14.0. The minimum Gasteiger partial charge on any atom is -0.508 e. The van der Waals surface area contributed by atoms with Crippen molar-refractivity contribution in [3.8, 4) is 5.75 Å². The fraction of sp³-hybridized carbons (Fsp3) is 0.267. The monoisotopic (exact) mass is 618 g/mol. The molecule has 45 heavy (non-hydrogen) atoms. The van der Waals surface area contributed by atoms with E-state index in [1.54, 1.807) is 18.3 Å². The lowest BCUT2D eigenvalue weighted by Crippen LogP contribution is -2.58. The number of para-hydroxylation sites is 1. The molecule has 4 rings (SSSR count). The van der Waals surface area contributed by atoms with Crippen molar-refractivity contribution in [1.82, 2.24) is 30.9 Å². The number of primary amides is 1. The number of nitrogens with one attached hydrogen (secondary N) is 5. The molecule has 2 heterocycles. The largest absolute Gasteiger partial charge is 0.508 e. The van der Waals surface area contributed by atoms with E-state index in [2.05, 4.69) is 30.9 Å². The predicted molar refractivity (Wildman–Crippen MR) is 161 cm³/mol. The average Bonchev–Trinajstić information content (AvgIpc) is 3.67. The number of phenols is 1. The number of nitrogens with zero attached hydrogens (tertiary/aromatic N) is 1. The minimum absolute atomic E-state index is 0.0192. The number of carbonyl (C=O) groups is 5. The zero-order chi connectivity index (χ0) is 32.5. The fourth-order valence-corrected chi connectivity index (χ4v) is 4.76. The third kappa shape index (κ3) is 8.90. The number of aromatic nitrogens is 3. The molecule has 11 N–H and O–H groups in total. The molecule has 15 heteroatoms. The van der Waals surface area contributed by atoms with Gasteiger partial charge in [-0.25, -0.2) is 9.78 Å². The summed E-state index contributed by atoms with van der Waals surface area (Å²) in [6.07, 6.45) is 3.87. The van der Waals surface area contributed by atoms with Crippen molar-refractivity contribution in [2.45, 2.75) is 49.9 Å². The summed E-state index contributed by atoms with van der Waals surface area (Å²) in [7, 11) is 0. The second-order valence-corrected chi connectivity index (χ2v) is 10.5. The molecule has 2 aromatic heterocycles. The number of carbonyl (C=O) groups excluding carboxylic acids is 4. The van der Waals surface area contributed by atoms with E-state index in [0.717, 1.165) is 10.9 Å². The summed E-state index contributed by atoms with van der Waals surface area (Å²) in [5.41, 5.74) is 14.0. The van der Waals surface area contributed by atoms with Crippen LogP contribution < -0.4 is 27.4 Å². The summed E-state index contributed by atoms with van der Waals surface area (Å²) < 4.78 is 0. The average molecular weight is 619 g/mol. The third-order valence-corrected chi connectivity index (χ3v) is 7.09. The van der Waals surface area contributed by atoms with Crippen LogP contribution in [0.5, 0.6) is 5.75 Å². The molecule has 4 unspecified atom stereocenters. The van der Waals surface area contributed by atoms with Crippen LogP contribution in [-0.4, -0.2) is 78.9 Å².